The molecule has 0 saturated carbocycles. The second kappa shape index (κ2) is 13.1. The summed E-state index contributed by atoms with van der Waals surface area (Å²) in [4.78, 5) is 34.8. The Morgan fingerprint density at radius 1 is 0.857 bits per heavy atom. The van der Waals surface area contributed by atoms with Gasteiger partial charge in [-0.1, -0.05) is 60.7 Å². The Hall–Kier alpha value is -3.68. The Morgan fingerprint density at radius 2 is 1.55 bits per heavy atom. The summed E-state index contributed by atoms with van der Waals surface area (Å²) in [7, 11) is 1.74. The molecule has 2 heterocycles. The van der Waals surface area contributed by atoms with E-state index in [1.54, 1.807) is 30.7 Å². The normalized spacial score (nSPS) is 19.5. The molecule has 1 saturated heterocycles. The number of piperazine rings is 1. The van der Waals surface area contributed by atoms with Gasteiger partial charge in [0.05, 0.1) is 18.0 Å². The molecule has 42 heavy (non-hydrogen) atoms. The van der Waals surface area contributed by atoms with Gasteiger partial charge >= 0.3 is 0 Å². The van der Waals surface area contributed by atoms with Crippen molar-refractivity contribution in [2.24, 2.45) is 5.41 Å². The van der Waals surface area contributed by atoms with Crippen LogP contribution < -0.4 is 14.5 Å². The van der Waals surface area contributed by atoms with Crippen molar-refractivity contribution in [1.82, 2.24) is 9.80 Å². The molecule has 7 nitrogen and oxygen atoms in total. The van der Waals surface area contributed by atoms with Crippen molar-refractivity contribution in [1.29, 1.82) is 0 Å². The van der Waals surface area contributed by atoms with E-state index < -0.39 is 5.41 Å². The largest absolute Gasteiger partial charge is 0.493 e. The summed E-state index contributed by atoms with van der Waals surface area (Å²) in [6.45, 7) is 11.5. The fraction of sp³-hybridized carbons (Fsp3) is 0.429. The third kappa shape index (κ3) is 6.53. The molecule has 1 fully saturated rings. The van der Waals surface area contributed by atoms with Crippen LogP contribution >= 0.6 is 0 Å². The van der Waals surface area contributed by atoms with Crippen LogP contribution in [0.1, 0.15) is 38.3 Å². The zero-order valence-corrected chi connectivity index (χ0v) is 25.5. The zero-order valence-electron chi connectivity index (χ0n) is 25.5. The molecule has 3 aromatic rings. The standard InChI is InChI=1S/C35H44N4O3/c1-5-39-31-18-17-30(24-32(31)36(4)33(40)35(2,3)34(39)41)42-22-12-19-38-21-20-37(25-28-15-10-7-11-16-28)26-29(38)23-27-13-8-6-9-14-27/h6-11,13-18,24,29H,5,12,19-23,25-26H2,1-4H3. The minimum absolute atomic E-state index is 0.178. The van der Waals surface area contributed by atoms with E-state index in [9.17, 15) is 9.59 Å². The number of carbonyl (C=O) groups excluding carboxylic acids is 2. The first-order valence-corrected chi connectivity index (χ1v) is 15.2. The number of rotatable bonds is 10. The summed E-state index contributed by atoms with van der Waals surface area (Å²) < 4.78 is 6.21. The van der Waals surface area contributed by atoms with Crippen molar-refractivity contribution < 1.29 is 14.3 Å². The summed E-state index contributed by atoms with van der Waals surface area (Å²) in [6, 6.07) is 27.7. The number of hydrogen-bond donors (Lipinski definition) is 0. The molecule has 2 aliphatic heterocycles. The van der Waals surface area contributed by atoms with Crippen molar-refractivity contribution in [2.75, 3.05) is 56.2 Å². The van der Waals surface area contributed by atoms with Gasteiger partial charge in [-0.05, 0) is 56.9 Å². The lowest BCUT2D eigenvalue weighted by Crippen LogP contribution is -2.53. The van der Waals surface area contributed by atoms with E-state index in [0.717, 1.165) is 51.3 Å². The molecule has 0 aromatic heterocycles. The molecule has 0 spiro atoms. The predicted molar refractivity (Wildman–Crippen MR) is 169 cm³/mol. The van der Waals surface area contributed by atoms with Crippen LogP contribution in [-0.4, -0.2) is 74.0 Å². The third-order valence-electron chi connectivity index (χ3n) is 8.64. The fourth-order valence-electron chi connectivity index (χ4n) is 6.25. The van der Waals surface area contributed by atoms with Crippen LogP contribution in [0, 0.1) is 5.41 Å². The van der Waals surface area contributed by atoms with Crippen LogP contribution in [0.2, 0.25) is 0 Å². The van der Waals surface area contributed by atoms with Crippen molar-refractivity contribution in [3.05, 3.63) is 90.0 Å². The topological polar surface area (TPSA) is 56.3 Å². The minimum atomic E-state index is -1.12. The number of anilines is 2. The monoisotopic (exact) mass is 568 g/mol. The summed E-state index contributed by atoms with van der Waals surface area (Å²) in [5.41, 5.74) is 3.06. The van der Waals surface area contributed by atoms with E-state index in [-0.39, 0.29) is 11.8 Å². The molecule has 3 aromatic carbocycles. The van der Waals surface area contributed by atoms with Crippen molar-refractivity contribution >= 4 is 23.2 Å². The maximum atomic E-state index is 13.2. The molecule has 0 aliphatic carbocycles. The molecule has 0 radical (unpaired) electrons. The van der Waals surface area contributed by atoms with Crippen molar-refractivity contribution in [2.45, 2.75) is 46.2 Å². The lowest BCUT2D eigenvalue weighted by atomic mass is 9.90. The zero-order chi connectivity index (χ0) is 29.7. The van der Waals surface area contributed by atoms with Crippen LogP contribution in [-0.2, 0) is 22.6 Å². The van der Waals surface area contributed by atoms with Crippen LogP contribution in [0.5, 0.6) is 5.75 Å². The first-order chi connectivity index (χ1) is 20.3. The van der Waals surface area contributed by atoms with Crippen LogP contribution in [0.3, 0.4) is 0 Å². The number of carbonyl (C=O) groups is 2. The summed E-state index contributed by atoms with van der Waals surface area (Å²) in [6.07, 6.45) is 1.93. The second-order valence-electron chi connectivity index (χ2n) is 12.0. The van der Waals surface area contributed by atoms with Crippen LogP contribution in [0.4, 0.5) is 11.4 Å². The Kier molecular flexibility index (Phi) is 9.29. The maximum absolute atomic E-state index is 13.2. The van der Waals surface area contributed by atoms with Gasteiger partial charge in [-0.2, -0.15) is 0 Å². The van der Waals surface area contributed by atoms with Gasteiger partial charge in [0.1, 0.15) is 11.2 Å². The van der Waals surface area contributed by atoms with Gasteiger partial charge in [-0.3, -0.25) is 19.4 Å². The van der Waals surface area contributed by atoms with Crippen LogP contribution in [0.25, 0.3) is 0 Å². The Morgan fingerprint density at radius 3 is 2.24 bits per heavy atom. The number of benzene rings is 3. The molecule has 1 atom stereocenters. The van der Waals surface area contributed by atoms with E-state index in [1.807, 2.05) is 25.1 Å². The third-order valence-corrected chi connectivity index (χ3v) is 8.64. The molecule has 0 bridgehead atoms. The Bertz CT molecular complexity index is 1360. The highest BCUT2D eigenvalue weighted by molar-refractivity contribution is 6.20. The van der Waals surface area contributed by atoms with Gasteiger partial charge in [-0.25, -0.2) is 0 Å². The molecule has 7 heteroatoms. The summed E-state index contributed by atoms with van der Waals surface area (Å²) in [5.74, 6) is 0.325. The Balaban J connectivity index is 1.21. The highest BCUT2D eigenvalue weighted by Crippen LogP contribution is 2.40. The van der Waals surface area contributed by atoms with Crippen molar-refractivity contribution in [3.8, 4) is 5.75 Å². The minimum Gasteiger partial charge on any atom is -0.493 e. The highest BCUT2D eigenvalue weighted by Gasteiger charge is 2.45. The molecule has 1 unspecified atom stereocenters. The van der Waals surface area contributed by atoms with E-state index in [2.05, 4.69) is 70.5 Å². The van der Waals surface area contributed by atoms with Crippen LogP contribution in [0.15, 0.2) is 78.9 Å². The van der Waals surface area contributed by atoms with Gasteiger partial charge in [0.25, 0.3) is 0 Å². The second-order valence-corrected chi connectivity index (χ2v) is 12.0. The lowest BCUT2D eigenvalue weighted by molar-refractivity contribution is -0.137. The molecule has 0 N–H and O–H groups in total. The van der Waals surface area contributed by atoms with Gasteiger partial charge in [0, 0.05) is 58.4 Å². The number of nitrogens with zero attached hydrogens (tertiary/aromatic N) is 4. The average molecular weight is 569 g/mol. The molecule has 2 amide bonds. The average Bonchev–Trinajstić information content (AvgIpc) is 3.05. The van der Waals surface area contributed by atoms with E-state index in [4.69, 9.17) is 4.74 Å². The molecule has 5 rings (SSSR count). The number of fused-ring (bicyclic) bond motifs is 1. The fourth-order valence-corrected chi connectivity index (χ4v) is 6.25. The van der Waals surface area contributed by atoms with Gasteiger partial charge in [-0.15, -0.1) is 0 Å². The van der Waals surface area contributed by atoms with E-state index in [0.29, 0.717) is 30.6 Å². The summed E-state index contributed by atoms with van der Waals surface area (Å²) >= 11 is 0. The van der Waals surface area contributed by atoms with Crippen molar-refractivity contribution in [3.63, 3.8) is 0 Å². The summed E-state index contributed by atoms with van der Waals surface area (Å²) in [5, 5.41) is 0. The molecule has 2 aliphatic rings. The highest BCUT2D eigenvalue weighted by atomic mass is 16.5. The molecular weight excluding hydrogens is 524 g/mol. The molecular formula is C35H44N4O3. The number of ether oxygens (including phenoxy) is 1. The molecule has 222 valence electrons. The Labute approximate surface area is 250 Å². The van der Waals surface area contributed by atoms with Gasteiger partial charge in [0.2, 0.25) is 11.8 Å². The van der Waals surface area contributed by atoms with Gasteiger partial charge < -0.3 is 14.5 Å². The van der Waals surface area contributed by atoms with E-state index >= 15 is 0 Å². The quantitative estimate of drug-likeness (QED) is 0.247. The smallest absolute Gasteiger partial charge is 0.242 e. The maximum Gasteiger partial charge on any atom is 0.242 e. The predicted octanol–water partition coefficient (Wildman–Crippen LogP) is 5.24. The van der Waals surface area contributed by atoms with Gasteiger partial charge in [0.15, 0.2) is 0 Å². The lowest BCUT2D eigenvalue weighted by Gasteiger charge is -2.42. The first-order valence-electron chi connectivity index (χ1n) is 15.2. The SMILES string of the molecule is CCN1C(=O)C(C)(C)C(=O)N(C)c2cc(OCCCN3CCN(Cc4ccccc4)CC3Cc3ccccc3)ccc21. The number of hydrogen-bond acceptors (Lipinski definition) is 5. The first kappa shape index (κ1) is 29.8. The number of amides is 2. The van der Waals surface area contributed by atoms with E-state index in [1.165, 1.54) is 11.1 Å².